The molecule has 0 radical (unpaired) electrons. The summed E-state index contributed by atoms with van der Waals surface area (Å²) in [5.74, 6) is -1.29. The molecule has 43 heavy (non-hydrogen) atoms. The van der Waals surface area contributed by atoms with Gasteiger partial charge in [0.2, 0.25) is 5.95 Å². The molecule has 224 valence electrons. The smallest absolute Gasteiger partial charge is 0.229 e. The van der Waals surface area contributed by atoms with Gasteiger partial charge in [0.1, 0.15) is 17.3 Å². The van der Waals surface area contributed by atoms with Crippen LogP contribution >= 0.6 is 0 Å². The van der Waals surface area contributed by atoms with E-state index in [-0.39, 0.29) is 47.7 Å². The van der Waals surface area contributed by atoms with Crippen molar-refractivity contribution in [3.63, 3.8) is 0 Å². The number of ether oxygens (including phenoxy) is 1. The second-order valence-electron chi connectivity index (χ2n) is 11.4. The summed E-state index contributed by atoms with van der Waals surface area (Å²) in [5.41, 5.74) is 6.66. The molecule has 0 amide bonds. The van der Waals surface area contributed by atoms with Gasteiger partial charge in [0.25, 0.3) is 0 Å². The molecular weight excluding hydrogens is 557 g/mol. The van der Waals surface area contributed by atoms with E-state index in [4.69, 9.17) is 15.7 Å². The average Bonchev–Trinajstić information content (AvgIpc) is 3.61. The first-order valence-electron chi connectivity index (χ1n) is 14.5. The molecular formula is C31H33F3N8O. The van der Waals surface area contributed by atoms with E-state index in [0.717, 1.165) is 17.8 Å². The van der Waals surface area contributed by atoms with E-state index in [0.29, 0.717) is 56.1 Å². The number of fused-ring (bicyclic) bond motifs is 1. The van der Waals surface area contributed by atoms with Crippen LogP contribution in [-0.4, -0.2) is 51.4 Å². The number of hydrogen-bond acceptors (Lipinski definition) is 8. The van der Waals surface area contributed by atoms with Gasteiger partial charge in [-0.05, 0) is 61.6 Å². The highest BCUT2D eigenvalue weighted by molar-refractivity contribution is 5.74. The topological polar surface area (TPSA) is 117 Å². The molecule has 0 bridgehead atoms. The number of hydrogen-bond donors (Lipinski definition) is 2. The van der Waals surface area contributed by atoms with Crippen LogP contribution in [0.25, 0.3) is 16.8 Å². The summed E-state index contributed by atoms with van der Waals surface area (Å²) in [6, 6.07) is 9.07. The Bertz CT molecular complexity index is 1630. The summed E-state index contributed by atoms with van der Waals surface area (Å²) in [5, 5.41) is 16.6. The normalized spacial score (nSPS) is 21.7. The van der Waals surface area contributed by atoms with Gasteiger partial charge in [-0.3, -0.25) is 4.98 Å². The largest absolute Gasteiger partial charge is 0.375 e. The van der Waals surface area contributed by atoms with E-state index in [2.05, 4.69) is 38.3 Å². The molecule has 1 saturated heterocycles. The van der Waals surface area contributed by atoms with Gasteiger partial charge in [0, 0.05) is 31.2 Å². The lowest BCUT2D eigenvalue weighted by Crippen LogP contribution is -2.56. The minimum atomic E-state index is -1.71. The van der Waals surface area contributed by atoms with Gasteiger partial charge >= 0.3 is 0 Å². The molecule has 4 aromatic rings. The van der Waals surface area contributed by atoms with Gasteiger partial charge in [0.15, 0.2) is 0 Å². The Morgan fingerprint density at radius 1 is 1.14 bits per heavy atom. The van der Waals surface area contributed by atoms with Gasteiger partial charge < -0.3 is 20.7 Å². The fourth-order valence-corrected chi connectivity index (χ4v) is 6.31. The zero-order valence-corrected chi connectivity index (χ0v) is 23.8. The van der Waals surface area contributed by atoms with Crippen LogP contribution in [0, 0.1) is 28.9 Å². The van der Waals surface area contributed by atoms with Gasteiger partial charge in [-0.25, -0.2) is 18.2 Å². The average molecular weight is 591 g/mol. The number of nitriles is 1. The first-order chi connectivity index (χ1) is 20.8. The molecule has 9 nitrogen and oxygen atoms in total. The molecule has 3 atom stereocenters. The second kappa shape index (κ2) is 11.8. The van der Waals surface area contributed by atoms with E-state index in [1.54, 1.807) is 24.7 Å². The molecule has 1 aliphatic carbocycles. The lowest BCUT2D eigenvalue weighted by molar-refractivity contribution is -0.00331. The summed E-state index contributed by atoms with van der Waals surface area (Å²) >= 11 is 0. The number of rotatable bonds is 8. The molecule has 1 aromatic carbocycles. The Balaban J connectivity index is 1.27. The molecule has 1 aliphatic heterocycles. The number of anilines is 3. The van der Waals surface area contributed by atoms with Crippen molar-refractivity contribution in [2.75, 3.05) is 29.9 Å². The first kappa shape index (κ1) is 28.9. The SMILES string of the molecule is C[C@H]1CN(c2ccncc2Nc2ncc3ccc(-c4c(F)cc(C5(F)CCCC5)cc4F)nn23)C[C@@H](N)[C@H]1OCCC#N. The highest BCUT2D eigenvalue weighted by atomic mass is 19.1. The Labute approximate surface area is 247 Å². The summed E-state index contributed by atoms with van der Waals surface area (Å²) < 4.78 is 53.2. The van der Waals surface area contributed by atoms with Crippen LogP contribution < -0.4 is 16.0 Å². The van der Waals surface area contributed by atoms with Crippen LogP contribution in [0.3, 0.4) is 0 Å². The number of nitrogens with one attached hydrogen (secondary N) is 1. The minimum Gasteiger partial charge on any atom is -0.375 e. The molecule has 0 unspecified atom stereocenters. The second-order valence-corrected chi connectivity index (χ2v) is 11.4. The number of halogens is 3. The zero-order chi connectivity index (χ0) is 30.1. The van der Waals surface area contributed by atoms with Crippen molar-refractivity contribution in [3.8, 4) is 17.3 Å². The van der Waals surface area contributed by atoms with Crippen molar-refractivity contribution < 1.29 is 17.9 Å². The number of imidazole rings is 1. The lowest BCUT2D eigenvalue weighted by Gasteiger charge is -2.42. The summed E-state index contributed by atoms with van der Waals surface area (Å²) in [6.07, 6.45) is 7.01. The van der Waals surface area contributed by atoms with Gasteiger partial charge in [-0.15, -0.1) is 0 Å². The van der Waals surface area contributed by atoms with E-state index < -0.39 is 17.3 Å². The Morgan fingerprint density at radius 3 is 2.63 bits per heavy atom. The minimum absolute atomic E-state index is 0.0331. The van der Waals surface area contributed by atoms with Crippen molar-refractivity contribution in [1.29, 1.82) is 5.26 Å². The first-order valence-corrected chi connectivity index (χ1v) is 14.5. The summed E-state index contributed by atoms with van der Waals surface area (Å²) in [6.45, 7) is 3.61. The predicted molar refractivity (Wildman–Crippen MR) is 156 cm³/mol. The molecule has 3 aromatic heterocycles. The Hall–Kier alpha value is -4.21. The monoisotopic (exact) mass is 590 g/mol. The number of pyridine rings is 1. The molecule has 6 rings (SSSR count). The van der Waals surface area contributed by atoms with E-state index in [9.17, 15) is 0 Å². The summed E-state index contributed by atoms with van der Waals surface area (Å²) in [7, 11) is 0. The van der Waals surface area contributed by atoms with Crippen LogP contribution in [0.1, 0.15) is 44.6 Å². The maximum atomic E-state index is 15.3. The lowest BCUT2D eigenvalue weighted by atomic mass is 9.92. The van der Waals surface area contributed by atoms with E-state index >= 15 is 13.2 Å². The molecule has 2 fully saturated rings. The Morgan fingerprint density at radius 2 is 1.91 bits per heavy atom. The fraction of sp³-hybridized carbons (Fsp3) is 0.419. The predicted octanol–water partition coefficient (Wildman–Crippen LogP) is 5.63. The number of nitrogens with two attached hydrogens (primary N) is 1. The Kier molecular flexibility index (Phi) is 7.94. The highest BCUT2D eigenvalue weighted by Gasteiger charge is 2.37. The standard InChI is InChI=1S/C31H33F3N8O/c1-19-17-41(18-24(36)29(19)43-12-4-10-35)27-7-11-37-16-26(27)39-30-38-15-21-5-6-25(40-42(21)30)28-22(32)13-20(14-23(28)33)31(34)8-2-3-9-31/h5-7,11,13-16,19,24,29H,2-4,8-9,12,17-18,36H2,1H3,(H,38,39)/t19-,24+,29-/m0/s1. The number of nitrogens with zero attached hydrogens (tertiary/aromatic N) is 6. The number of aromatic nitrogens is 4. The number of alkyl halides is 1. The molecule has 0 spiro atoms. The van der Waals surface area contributed by atoms with Crippen LogP contribution in [0.2, 0.25) is 0 Å². The summed E-state index contributed by atoms with van der Waals surface area (Å²) in [4.78, 5) is 10.9. The molecule has 1 saturated carbocycles. The molecule has 4 heterocycles. The highest BCUT2D eigenvalue weighted by Crippen LogP contribution is 2.44. The maximum absolute atomic E-state index is 15.3. The third-order valence-electron chi connectivity index (χ3n) is 8.43. The van der Waals surface area contributed by atoms with Gasteiger partial charge in [-0.1, -0.05) is 6.92 Å². The van der Waals surface area contributed by atoms with Crippen molar-refractivity contribution in [2.45, 2.75) is 56.8 Å². The van der Waals surface area contributed by atoms with Crippen LogP contribution in [-0.2, 0) is 10.4 Å². The van der Waals surface area contributed by atoms with Crippen LogP contribution in [0.4, 0.5) is 30.5 Å². The van der Waals surface area contributed by atoms with Crippen molar-refractivity contribution in [2.24, 2.45) is 11.7 Å². The van der Waals surface area contributed by atoms with Crippen molar-refractivity contribution in [1.82, 2.24) is 19.6 Å². The molecule has 3 N–H and O–H groups in total. The maximum Gasteiger partial charge on any atom is 0.229 e. The van der Waals surface area contributed by atoms with E-state index in [1.165, 1.54) is 10.6 Å². The van der Waals surface area contributed by atoms with Crippen molar-refractivity contribution in [3.05, 3.63) is 66.1 Å². The third kappa shape index (κ3) is 5.62. The van der Waals surface area contributed by atoms with Gasteiger partial charge in [-0.2, -0.15) is 14.9 Å². The van der Waals surface area contributed by atoms with Crippen molar-refractivity contribution >= 4 is 22.8 Å². The number of piperidine rings is 1. The third-order valence-corrected chi connectivity index (χ3v) is 8.43. The molecule has 2 aliphatic rings. The zero-order valence-electron chi connectivity index (χ0n) is 23.8. The van der Waals surface area contributed by atoms with Gasteiger partial charge in [0.05, 0.1) is 65.7 Å². The molecule has 12 heteroatoms. The quantitative estimate of drug-likeness (QED) is 0.254. The number of benzene rings is 1. The van der Waals surface area contributed by atoms with Crippen LogP contribution in [0.15, 0.2) is 48.9 Å². The fourth-order valence-electron chi connectivity index (χ4n) is 6.31. The van der Waals surface area contributed by atoms with Crippen LogP contribution in [0.5, 0.6) is 0 Å². The van der Waals surface area contributed by atoms with E-state index in [1.807, 2.05) is 6.07 Å².